The van der Waals surface area contributed by atoms with E-state index in [9.17, 15) is 4.79 Å². The summed E-state index contributed by atoms with van der Waals surface area (Å²) < 4.78 is 0. The van der Waals surface area contributed by atoms with E-state index in [1.807, 2.05) is 27.0 Å². The predicted molar refractivity (Wildman–Crippen MR) is 73.1 cm³/mol. The third-order valence-electron chi connectivity index (χ3n) is 2.42. The molecule has 5 nitrogen and oxygen atoms in total. The van der Waals surface area contributed by atoms with Crippen LogP contribution in [0.5, 0.6) is 0 Å². The van der Waals surface area contributed by atoms with Crippen LogP contribution in [0.25, 0.3) is 0 Å². The molecule has 2 aromatic rings. The molecule has 96 valence electrons. The SMILES string of the molecule is Cc1ncc(CNc2cc(=O)[nH]c(C(C)C)n2)s1. The van der Waals surface area contributed by atoms with Gasteiger partial charge in [0.1, 0.15) is 11.6 Å². The average molecular weight is 264 g/mol. The third-order valence-corrected chi connectivity index (χ3v) is 3.33. The van der Waals surface area contributed by atoms with E-state index in [4.69, 9.17) is 0 Å². The summed E-state index contributed by atoms with van der Waals surface area (Å²) in [6.45, 7) is 6.60. The molecule has 2 heterocycles. The lowest BCUT2D eigenvalue weighted by Gasteiger charge is -2.07. The highest BCUT2D eigenvalue weighted by Crippen LogP contribution is 2.14. The van der Waals surface area contributed by atoms with E-state index in [1.54, 1.807) is 11.3 Å². The van der Waals surface area contributed by atoms with Crippen molar-refractivity contribution >= 4 is 17.2 Å². The molecule has 0 spiro atoms. The van der Waals surface area contributed by atoms with Gasteiger partial charge < -0.3 is 10.3 Å². The van der Waals surface area contributed by atoms with Crippen LogP contribution < -0.4 is 10.9 Å². The summed E-state index contributed by atoms with van der Waals surface area (Å²) in [5.41, 5.74) is -0.128. The quantitative estimate of drug-likeness (QED) is 0.888. The molecule has 0 bridgehead atoms. The smallest absolute Gasteiger partial charge is 0.252 e. The molecule has 18 heavy (non-hydrogen) atoms. The van der Waals surface area contributed by atoms with Gasteiger partial charge in [-0.3, -0.25) is 4.79 Å². The number of nitrogens with zero attached hydrogens (tertiary/aromatic N) is 2. The molecule has 0 atom stereocenters. The van der Waals surface area contributed by atoms with Gasteiger partial charge in [0.2, 0.25) is 0 Å². The summed E-state index contributed by atoms with van der Waals surface area (Å²) in [5, 5.41) is 4.19. The zero-order chi connectivity index (χ0) is 13.1. The Kier molecular flexibility index (Phi) is 3.76. The molecule has 0 amide bonds. The largest absolute Gasteiger partial charge is 0.365 e. The number of rotatable bonds is 4. The molecule has 0 aromatic carbocycles. The monoisotopic (exact) mass is 264 g/mol. The molecule has 0 radical (unpaired) electrons. The van der Waals surface area contributed by atoms with Gasteiger partial charge in [0.15, 0.2) is 0 Å². The maximum absolute atomic E-state index is 11.5. The first-order chi connectivity index (χ1) is 8.54. The molecule has 0 fully saturated rings. The maximum atomic E-state index is 11.5. The van der Waals surface area contributed by atoms with E-state index >= 15 is 0 Å². The third kappa shape index (κ3) is 3.16. The van der Waals surface area contributed by atoms with Crippen molar-refractivity contribution in [3.05, 3.63) is 38.3 Å². The second-order valence-electron chi connectivity index (χ2n) is 4.37. The molecule has 2 N–H and O–H groups in total. The van der Waals surface area contributed by atoms with Crippen LogP contribution in [0, 0.1) is 6.92 Å². The second kappa shape index (κ2) is 5.30. The van der Waals surface area contributed by atoms with Gasteiger partial charge in [-0.2, -0.15) is 0 Å². The Labute approximate surface area is 109 Å². The Bertz CT molecular complexity index is 588. The number of hydrogen-bond acceptors (Lipinski definition) is 5. The summed E-state index contributed by atoms with van der Waals surface area (Å²) in [6.07, 6.45) is 1.84. The fourth-order valence-electron chi connectivity index (χ4n) is 1.51. The van der Waals surface area contributed by atoms with Crippen LogP contribution in [-0.4, -0.2) is 15.0 Å². The Morgan fingerprint density at radius 3 is 2.89 bits per heavy atom. The zero-order valence-electron chi connectivity index (χ0n) is 10.7. The van der Waals surface area contributed by atoms with Crippen molar-refractivity contribution in [1.82, 2.24) is 15.0 Å². The molecule has 6 heteroatoms. The van der Waals surface area contributed by atoms with Crippen molar-refractivity contribution in [3.63, 3.8) is 0 Å². The normalized spacial score (nSPS) is 10.9. The maximum Gasteiger partial charge on any atom is 0.252 e. The molecule has 2 aromatic heterocycles. The molecular formula is C12H16N4OS. The van der Waals surface area contributed by atoms with Crippen molar-refractivity contribution in [1.29, 1.82) is 0 Å². The van der Waals surface area contributed by atoms with E-state index < -0.39 is 0 Å². The number of anilines is 1. The van der Waals surface area contributed by atoms with Crippen LogP contribution in [0.3, 0.4) is 0 Å². The summed E-state index contributed by atoms with van der Waals surface area (Å²) in [7, 11) is 0. The molecule has 0 aliphatic heterocycles. The topological polar surface area (TPSA) is 70.7 Å². The number of aryl methyl sites for hydroxylation is 1. The summed E-state index contributed by atoms with van der Waals surface area (Å²) >= 11 is 1.63. The van der Waals surface area contributed by atoms with Crippen LogP contribution >= 0.6 is 11.3 Å². The first-order valence-corrected chi connectivity index (χ1v) is 6.62. The van der Waals surface area contributed by atoms with Crippen LogP contribution in [-0.2, 0) is 6.54 Å². The molecule has 0 aliphatic carbocycles. The Morgan fingerprint density at radius 2 is 2.28 bits per heavy atom. The standard InChI is InChI=1S/C12H16N4OS/c1-7(2)12-15-10(4-11(17)16-12)14-6-9-5-13-8(3)18-9/h4-5,7H,6H2,1-3H3,(H2,14,15,16,17). The minimum atomic E-state index is -0.128. The predicted octanol–water partition coefficient (Wildman–Crippen LogP) is 2.27. The Hall–Kier alpha value is -1.69. The molecular weight excluding hydrogens is 248 g/mol. The van der Waals surface area contributed by atoms with Crippen molar-refractivity contribution in [2.45, 2.75) is 33.2 Å². The number of thiazole rings is 1. The van der Waals surface area contributed by atoms with Gasteiger partial charge in [-0.1, -0.05) is 13.8 Å². The number of nitrogens with one attached hydrogen (secondary N) is 2. The van der Waals surface area contributed by atoms with Crippen LogP contribution in [0.2, 0.25) is 0 Å². The fraction of sp³-hybridized carbons (Fsp3) is 0.417. The van der Waals surface area contributed by atoms with Crippen molar-refractivity contribution in [2.75, 3.05) is 5.32 Å². The Balaban J connectivity index is 2.11. The van der Waals surface area contributed by atoms with Gasteiger partial charge in [-0.15, -0.1) is 11.3 Å². The van der Waals surface area contributed by atoms with E-state index in [0.29, 0.717) is 18.2 Å². The highest BCUT2D eigenvalue weighted by molar-refractivity contribution is 7.11. The molecule has 2 rings (SSSR count). The van der Waals surface area contributed by atoms with E-state index in [1.165, 1.54) is 6.07 Å². The minimum absolute atomic E-state index is 0.128. The summed E-state index contributed by atoms with van der Waals surface area (Å²) in [5.74, 6) is 1.50. The number of aromatic nitrogens is 3. The van der Waals surface area contributed by atoms with Gasteiger partial charge in [0, 0.05) is 23.1 Å². The molecule has 0 saturated heterocycles. The van der Waals surface area contributed by atoms with E-state index in [2.05, 4.69) is 20.3 Å². The highest BCUT2D eigenvalue weighted by atomic mass is 32.1. The van der Waals surface area contributed by atoms with Gasteiger partial charge in [-0.25, -0.2) is 9.97 Å². The molecule has 0 saturated carbocycles. The minimum Gasteiger partial charge on any atom is -0.365 e. The Morgan fingerprint density at radius 1 is 1.50 bits per heavy atom. The van der Waals surface area contributed by atoms with Crippen LogP contribution in [0.1, 0.15) is 35.5 Å². The van der Waals surface area contributed by atoms with E-state index in [-0.39, 0.29) is 11.5 Å². The number of H-pyrrole nitrogens is 1. The lowest BCUT2D eigenvalue weighted by Crippen LogP contribution is -2.14. The first-order valence-electron chi connectivity index (χ1n) is 5.81. The number of hydrogen-bond donors (Lipinski definition) is 2. The van der Waals surface area contributed by atoms with Crippen LogP contribution in [0.4, 0.5) is 5.82 Å². The fourth-order valence-corrected chi connectivity index (χ4v) is 2.24. The number of aromatic amines is 1. The van der Waals surface area contributed by atoms with Gasteiger partial charge in [0.05, 0.1) is 11.6 Å². The average Bonchev–Trinajstić information content (AvgIpc) is 2.72. The zero-order valence-corrected chi connectivity index (χ0v) is 11.5. The van der Waals surface area contributed by atoms with Gasteiger partial charge >= 0.3 is 0 Å². The lowest BCUT2D eigenvalue weighted by atomic mass is 10.2. The second-order valence-corrected chi connectivity index (χ2v) is 5.69. The van der Waals surface area contributed by atoms with Crippen molar-refractivity contribution in [3.8, 4) is 0 Å². The molecule has 0 unspecified atom stereocenters. The van der Waals surface area contributed by atoms with Gasteiger partial charge in [-0.05, 0) is 6.92 Å². The summed E-state index contributed by atoms with van der Waals surface area (Å²) in [6, 6.07) is 1.47. The van der Waals surface area contributed by atoms with Crippen LogP contribution in [0.15, 0.2) is 17.1 Å². The summed E-state index contributed by atoms with van der Waals surface area (Å²) in [4.78, 5) is 23.9. The van der Waals surface area contributed by atoms with E-state index in [0.717, 1.165) is 9.88 Å². The van der Waals surface area contributed by atoms with Crippen molar-refractivity contribution < 1.29 is 0 Å². The first kappa shape index (κ1) is 12.8. The molecule has 0 aliphatic rings. The van der Waals surface area contributed by atoms with Gasteiger partial charge in [0.25, 0.3) is 5.56 Å². The lowest BCUT2D eigenvalue weighted by molar-refractivity contribution is 0.767. The van der Waals surface area contributed by atoms with Crippen molar-refractivity contribution in [2.24, 2.45) is 0 Å². The highest BCUT2D eigenvalue weighted by Gasteiger charge is 2.05.